The van der Waals surface area contributed by atoms with Crippen LogP contribution in [0.4, 0.5) is 0 Å². The number of rotatable bonds is 4. The highest BCUT2D eigenvalue weighted by Crippen LogP contribution is 2.26. The molecule has 1 heterocycles. The van der Waals surface area contributed by atoms with E-state index in [9.17, 15) is 9.59 Å². The molecule has 0 saturated carbocycles. The van der Waals surface area contributed by atoms with Gasteiger partial charge in [-0.25, -0.2) is 4.79 Å². The molecule has 1 aliphatic heterocycles. The Morgan fingerprint density at radius 1 is 1.40 bits per heavy atom. The first-order chi connectivity index (χ1) is 9.69. The van der Waals surface area contributed by atoms with Crippen LogP contribution < -0.4 is 0 Å². The lowest BCUT2D eigenvalue weighted by atomic mass is 10.1. The summed E-state index contributed by atoms with van der Waals surface area (Å²) in [5.41, 5.74) is 0.663. The van der Waals surface area contributed by atoms with Crippen molar-refractivity contribution in [3.05, 3.63) is 29.8 Å². The molecule has 1 aliphatic rings. The van der Waals surface area contributed by atoms with Crippen molar-refractivity contribution in [1.82, 2.24) is 4.90 Å². The second kappa shape index (κ2) is 6.79. The van der Waals surface area contributed by atoms with Gasteiger partial charge in [0.2, 0.25) is 0 Å². The normalized spacial score (nSPS) is 18.1. The summed E-state index contributed by atoms with van der Waals surface area (Å²) in [5, 5.41) is 0. The fraction of sp³-hybridized carbons (Fsp3) is 0.467. The average molecular weight is 293 g/mol. The molecule has 1 amide bonds. The number of carbonyl (C=O) groups is 2. The molecule has 0 spiro atoms. The SMILES string of the molecule is CCOC(=O)C1CCCN1C(=O)c1ccccc1SC. The number of ether oxygens (including phenoxy) is 1. The van der Waals surface area contributed by atoms with Crippen molar-refractivity contribution in [2.75, 3.05) is 19.4 Å². The summed E-state index contributed by atoms with van der Waals surface area (Å²) in [6.07, 6.45) is 3.47. The Balaban J connectivity index is 2.21. The summed E-state index contributed by atoms with van der Waals surface area (Å²) in [5.74, 6) is -0.370. The third-order valence-electron chi connectivity index (χ3n) is 3.41. The second-order valence-electron chi connectivity index (χ2n) is 4.61. The fourth-order valence-electron chi connectivity index (χ4n) is 2.47. The third-order valence-corrected chi connectivity index (χ3v) is 4.21. The van der Waals surface area contributed by atoms with Crippen LogP contribution in [0, 0.1) is 0 Å². The number of amides is 1. The quantitative estimate of drug-likeness (QED) is 0.632. The summed E-state index contributed by atoms with van der Waals surface area (Å²) in [4.78, 5) is 27.2. The Hall–Kier alpha value is -1.49. The summed E-state index contributed by atoms with van der Waals surface area (Å²) < 4.78 is 5.06. The van der Waals surface area contributed by atoms with Gasteiger partial charge in [-0.3, -0.25) is 4.79 Å². The molecule has 0 bridgehead atoms. The molecule has 1 atom stereocenters. The Labute approximate surface area is 123 Å². The third kappa shape index (κ3) is 2.98. The van der Waals surface area contributed by atoms with Crippen LogP contribution in [0.5, 0.6) is 0 Å². The molecule has 0 N–H and O–H groups in total. The molecule has 1 aromatic rings. The minimum absolute atomic E-state index is 0.0782. The zero-order chi connectivity index (χ0) is 14.5. The Bertz CT molecular complexity index is 504. The molecule has 1 aromatic carbocycles. The van der Waals surface area contributed by atoms with Crippen molar-refractivity contribution in [2.45, 2.75) is 30.7 Å². The van der Waals surface area contributed by atoms with Gasteiger partial charge in [-0.05, 0) is 38.2 Å². The van der Waals surface area contributed by atoms with Crippen LogP contribution in [0.2, 0.25) is 0 Å². The molecular formula is C15H19NO3S. The lowest BCUT2D eigenvalue weighted by Gasteiger charge is -2.24. The van der Waals surface area contributed by atoms with E-state index in [1.54, 1.807) is 11.8 Å². The van der Waals surface area contributed by atoms with E-state index < -0.39 is 6.04 Å². The van der Waals surface area contributed by atoms with Gasteiger partial charge < -0.3 is 9.64 Å². The highest BCUT2D eigenvalue weighted by atomic mass is 32.2. The van der Waals surface area contributed by atoms with Crippen LogP contribution in [0.1, 0.15) is 30.1 Å². The first-order valence-corrected chi connectivity index (χ1v) is 8.02. The van der Waals surface area contributed by atoms with Gasteiger partial charge >= 0.3 is 5.97 Å². The largest absolute Gasteiger partial charge is 0.464 e. The first-order valence-electron chi connectivity index (χ1n) is 6.79. The second-order valence-corrected chi connectivity index (χ2v) is 5.46. The summed E-state index contributed by atoms with van der Waals surface area (Å²) >= 11 is 1.54. The van der Waals surface area contributed by atoms with E-state index >= 15 is 0 Å². The Morgan fingerprint density at radius 2 is 2.15 bits per heavy atom. The molecule has 4 nitrogen and oxygen atoms in total. The molecule has 0 aromatic heterocycles. The van der Waals surface area contributed by atoms with Gasteiger partial charge in [-0.2, -0.15) is 0 Å². The monoisotopic (exact) mass is 293 g/mol. The number of carbonyl (C=O) groups excluding carboxylic acids is 2. The van der Waals surface area contributed by atoms with E-state index in [2.05, 4.69) is 0 Å². The topological polar surface area (TPSA) is 46.6 Å². The van der Waals surface area contributed by atoms with E-state index in [0.717, 1.165) is 11.3 Å². The summed E-state index contributed by atoms with van der Waals surface area (Å²) in [7, 11) is 0. The van der Waals surface area contributed by atoms with Gasteiger partial charge in [-0.15, -0.1) is 11.8 Å². The summed E-state index contributed by atoms with van der Waals surface area (Å²) in [6, 6.07) is 7.07. The van der Waals surface area contributed by atoms with E-state index in [0.29, 0.717) is 25.1 Å². The first kappa shape index (κ1) is 14.9. The molecule has 20 heavy (non-hydrogen) atoms. The number of benzene rings is 1. The Kier molecular flexibility index (Phi) is 5.06. The maximum absolute atomic E-state index is 12.7. The number of hydrogen-bond donors (Lipinski definition) is 0. The van der Waals surface area contributed by atoms with E-state index in [1.807, 2.05) is 30.5 Å². The number of likely N-dealkylation sites (tertiary alicyclic amines) is 1. The molecule has 1 unspecified atom stereocenters. The van der Waals surface area contributed by atoms with Crippen LogP contribution in [-0.2, 0) is 9.53 Å². The highest BCUT2D eigenvalue weighted by molar-refractivity contribution is 7.98. The van der Waals surface area contributed by atoms with Crippen molar-refractivity contribution in [3.8, 4) is 0 Å². The van der Waals surface area contributed by atoms with E-state index in [1.165, 1.54) is 11.8 Å². The lowest BCUT2D eigenvalue weighted by Crippen LogP contribution is -2.41. The van der Waals surface area contributed by atoms with Gasteiger partial charge in [-0.1, -0.05) is 12.1 Å². The minimum Gasteiger partial charge on any atom is -0.464 e. The van der Waals surface area contributed by atoms with Crippen LogP contribution >= 0.6 is 11.8 Å². The highest BCUT2D eigenvalue weighted by Gasteiger charge is 2.36. The predicted octanol–water partition coefficient (Wildman–Crippen LogP) is 2.58. The molecule has 1 fully saturated rings. The van der Waals surface area contributed by atoms with Crippen LogP contribution in [-0.4, -0.2) is 42.2 Å². The molecule has 5 heteroatoms. The standard InChI is InChI=1S/C15H19NO3S/c1-3-19-15(18)12-8-6-10-16(12)14(17)11-7-4-5-9-13(11)20-2/h4-5,7,9,12H,3,6,8,10H2,1-2H3. The molecule has 0 aliphatic carbocycles. The fourth-order valence-corrected chi connectivity index (χ4v) is 3.06. The zero-order valence-electron chi connectivity index (χ0n) is 11.8. The number of nitrogens with zero attached hydrogens (tertiary/aromatic N) is 1. The lowest BCUT2D eigenvalue weighted by molar-refractivity contribution is -0.147. The van der Waals surface area contributed by atoms with Crippen LogP contribution in [0.25, 0.3) is 0 Å². The Morgan fingerprint density at radius 3 is 2.85 bits per heavy atom. The van der Waals surface area contributed by atoms with Crippen molar-refractivity contribution in [2.24, 2.45) is 0 Å². The van der Waals surface area contributed by atoms with Crippen molar-refractivity contribution in [3.63, 3.8) is 0 Å². The molecule has 0 radical (unpaired) electrons. The van der Waals surface area contributed by atoms with Gasteiger partial charge in [0, 0.05) is 11.4 Å². The molecule has 1 saturated heterocycles. The molecular weight excluding hydrogens is 274 g/mol. The minimum atomic E-state index is -0.433. The van der Waals surface area contributed by atoms with Gasteiger partial charge in [0.15, 0.2) is 0 Å². The molecule has 108 valence electrons. The molecule has 2 rings (SSSR count). The van der Waals surface area contributed by atoms with Gasteiger partial charge in [0.25, 0.3) is 5.91 Å². The van der Waals surface area contributed by atoms with Crippen molar-refractivity contribution < 1.29 is 14.3 Å². The number of hydrogen-bond acceptors (Lipinski definition) is 4. The van der Waals surface area contributed by atoms with E-state index in [-0.39, 0.29) is 11.9 Å². The smallest absolute Gasteiger partial charge is 0.328 e. The predicted molar refractivity (Wildman–Crippen MR) is 78.9 cm³/mol. The number of thioether (sulfide) groups is 1. The summed E-state index contributed by atoms with van der Waals surface area (Å²) in [6.45, 7) is 2.74. The van der Waals surface area contributed by atoms with Gasteiger partial charge in [0.05, 0.1) is 12.2 Å². The number of esters is 1. The van der Waals surface area contributed by atoms with Crippen LogP contribution in [0.3, 0.4) is 0 Å². The maximum Gasteiger partial charge on any atom is 0.328 e. The van der Waals surface area contributed by atoms with Crippen LogP contribution in [0.15, 0.2) is 29.2 Å². The zero-order valence-corrected chi connectivity index (χ0v) is 12.6. The van der Waals surface area contributed by atoms with Crippen molar-refractivity contribution in [1.29, 1.82) is 0 Å². The van der Waals surface area contributed by atoms with Gasteiger partial charge in [0.1, 0.15) is 6.04 Å². The maximum atomic E-state index is 12.7. The van der Waals surface area contributed by atoms with E-state index in [4.69, 9.17) is 4.74 Å². The van der Waals surface area contributed by atoms with Crippen molar-refractivity contribution >= 4 is 23.6 Å². The average Bonchev–Trinajstić information content (AvgIpc) is 2.96.